The van der Waals surface area contributed by atoms with Gasteiger partial charge in [-0.2, -0.15) is 0 Å². The Morgan fingerprint density at radius 2 is 2.28 bits per heavy atom. The van der Waals surface area contributed by atoms with Crippen molar-refractivity contribution >= 4 is 5.91 Å². The summed E-state index contributed by atoms with van der Waals surface area (Å²) in [5.74, 6) is 0.00301. The average molecular weight is 251 g/mol. The van der Waals surface area contributed by atoms with Gasteiger partial charge in [0.05, 0.1) is 19.3 Å². The van der Waals surface area contributed by atoms with Gasteiger partial charge in [-0.1, -0.05) is 5.16 Å². The molecule has 0 spiro atoms. The van der Waals surface area contributed by atoms with Gasteiger partial charge in [0, 0.05) is 13.1 Å². The van der Waals surface area contributed by atoms with E-state index in [1.165, 1.54) is 6.26 Å². The monoisotopic (exact) mass is 251 g/mol. The number of ether oxygens (including phenoxy) is 1. The van der Waals surface area contributed by atoms with E-state index in [1.807, 2.05) is 0 Å². The molecule has 0 aromatic carbocycles. The molecule has 1 N–H and O–H groups in total. The Balaban J connectivity index is 1.78. The molecule has 0 unspecified atom stereocenters. The van der Waals surface area contributed by atoms with Crippen LogP contribution in [0, 0.1) is 0 Å². The van der Waals surface area contributed by atoms with Crippen molar-refractivity contribution < 1.29 is 14.1 Å². The van der Waals surface area contributed by atoms with E-state index in [0.717, 1.165) is 25.1 Å². The number of nitrogens with one attached hydrogen (secondary N) is 1. The first kappa shape index (κ1) is 11.7. The number of carbonyl (C=O) groups excluding carboxylic acids is 1. The molecule has 1 aromatic rings. The zero-order chi connectivity index (χ0) is 12.4. The molecule has 2 aliphatic heterocycles. The first-order valence-corrected chi connectivity index (χ1v) is 6.41. The van der Waals surface area contributed by atoms with Crippen LogP contribution in [0.4, 0.5) is 0 Å². The van der Waals surface area contributed by atoms with E-state index in [4.69, 9.17) is 9.26 Å². The van der Waals surface area contributed by atoms with Crippen molar-refractivity contribution in [3.63, 3.8) is 0 Å². The lowest BCUT2D eigenvalue weighted by molar-refractivity contribution is 0.0301. The minimum Gasteiger partial charge on any atom is -0.378 e. The van der Waals surface area contributed by atoms with E-state index in [2.05, 4.69) is 10.5 Å². The summed E-state index contributed by atoms with van der Waals surface area (Å²) in [6.07, 6.45) is 3.59. The zero-order valence-electron chi connectivity index (χ0n) is 10.2. The second-order valence-electron chi connectivity index (χ2n) is 4.67. The van der Waals surface area contributed by atoms with Crippen LogP contribution in [-0.4, -0.2) is 48.8 Å². The van der Waals surface area contributed by atoms with Crippen molar-refractivity contribution in [1.82, 2.24) is 15.4 Å². The number of rotatable bonds is 2. The van der Waals surface area contributed by atoms with Crippen LogP contribution in [0.5, 0.6) is 0 Å². The Morgan fingerprint density at radius 1 is 1.44 bits per heavy atom. The highest BCUT2D eigenvalue weighted by Crippen LogP contribution is 2.25. The SMILES string of the molecule is O=C(c1conc1[C@@H]1CCCN1)N1CCOCC1. The highest BCUT2D eigenvalue weighted by Gasteiger charge is 2.29. The molecule has 98 valence electrons. The third-order valence-electron chi connectivity index (χ3n) is 3.52. The fraction of sp³-hybridized carbons (Fsp3) is 0.667. The van der Waals surface area contributed by atoms with Gasteiger partial charge in [-0.15, -0.1) is 0 Å². The van der Waals surface area contributed by atoms with Crippen molar-refractivity contribution in [2.24, 2.45) is 0 Å². The number of aromatic nitrogens is 1. The van der Waals surface area contributed by atoms with Crippen LogP contribution in [0.25, 0.3) is 0 Å². The summed E-state index contributed by atoms with van der Waals surface area (Å²) in [6.45, 7) is 3.47. The maximum atomic E-state index is 12.4. The van der Waals surface area contributed by atoms with E-state index in [0.29, 0.717) is 31.9 Å². The fourth-order valence-electron chi connectivity index (χ4n) is 2.51. The average Bonchev–Trinajstić information content (AvgIpc) is 3.09. The second-order valence-corrected chi connectivity index (χ2v) is 4.67. The van der Waals surface area contributed by atoms with Crippen LogP contribution in [0.1, 0.15) is 34.9 Å². The fourth-order valence-corrected chi connectivity index (χ4v) is 2.51. The quantitative estimate of drug-likeness (QED) is 0.832. The molecule has 1 atom stereocenters. The molecule has 0 radical (unpaired) electrons. The number of hydrogen-bond donors (Lipinski definition) is 1. The van der Waals surface area contributed by atoms with Crippen LogP contribution in [0.2, 0.25) is 0 Å². The Kier molecular flexibility index (Phi) is 3.29. The molecule has 6 nitrogen and oxygen atoms in total. The molecule has 2 saturated heterocycles. The number of nitrogens with zero attached hydrogens (tertiary/aromatic N) is 2. The number of amides is 1. The molecule has 3 rings (SSSR count). The van der Waals surface area contributed by atoms with Crippen LogP contribution in [0.15, 0.2) is 10.8 Å². The summed E-state index contributed by atoms with van der Waals surface area (Å²) in [6, 6.07) is 0.156. The zero-order valence-corrected chi connectivity index (χ0v) is 10.2. The Hall–Kier alpha value is -1.40. The highest BCUT2D eigenvalue weighted by atomic mass is 16.5. The lowest BCUT2D eigenvalue weighted by Crippen LogP contribution is -2.41. The van der Waals surface area contributed by atoms with E-state index in [1.54, 1.807) is 4.90 Å². The molecule has 0 aliphatic carbocycles. The van der Waals surface area contributed by atoms with Crippen molar-refractivity contribution in [3.8, 4) is 0 Å². The predicted molar refractivity (Wildman–Crippen MR) is 63.2 cm³/mol. The molecule has 2 fully saturated rings. The molecule has 2 aliphatic rings. The number of morpholine rings is 1. The lowest BCUT2D eigenvalue weighted by atomic mass is 10.1. The van der Waals surface area contributed by atoms with Gasteiger partial charge < -0.3 is 19.5 Å². The van der Waals surface area contributed by atoms with Crippen molar-refractivity contribution in [2.45, 2.75) is 18.9 Å². The summed E-state index contributed by atoms with van der Waals surface area (Å²) < 4.78 is 10.3. The summed E-state index contributed by atoms with van der Waals surface area (Å²) in [4.78, 5) is 14.2. The van der Waals surface area contributed by atoms with Gasteiger partial charge in [0.15, 0.2) is 0 Å². The molecule has 0 bridgehead atoms. The normalized spacial score (nSPS) is 24.4. The van der Waals surface area contributed by atoms with Crippen molar-refractivity contribution in [3.05, 3.63) is 17.5 Å². The molecule has 1 aromatic heterocycles. The standard InChI is InChI=1S/C12H17N3O3/c16-12(15-4-6-17-7-5-15)9-8-18-14-11(9)10-2-1-3-13-10/h8,10,13H,1-7H2/t10-/m0/s1. The minimum absolute atomic E-state index is 0.00301. The Bertz CT molecular complexity index is 420. The predicted octanol–water partition coefficient (Wildman–Crippen LogP) is 0.571. The second kappa shape index (κ2) is 5.07. The van der Waals surface area contributed by atoms with Crippen LogP contribution < -0.4 is 5.32 Å². The van der Waals surface area contributed by atoms with E-state index in [9.17, 15) is 4.79 Å². The number of carbonyl (C=O) groups is 1. The van der Waals surface area contributed by atoms with Gasteiger partial charge in [0.25, 0.3) is 5.91 Å². The molecule has 0 saturated carbocycles. The van der Waals surface area contributed by atoms with E-state index >= 15 is 0 Å². The van der Waals surface area contributed by atoms with Crippen LogP contribution >= 0.6 is 0 Å². The van der Waals surface area contributed by atoms with Crippen LogP contribution in [-0.2, 0) is 4.74 Å². The molecule has 6 heteroatoms. The summed E-state index contributed by atoms with van der Waals surface area (Å²) in [5, 5.41) is 7.34. The molecule has 1 amide bonds. The highest BCUT2D eigenvalue weighted by molar-refractivity contribution is 5.95. The van der Waals surface area contributed by atoms with Gasteiger partial charge in [-0.25, -0.2) is 0 Å². The minimum atomic E-state index is 0.00301. The summed E-state index contributed by atoms with van der Waals surface area (Å²) >= 11 is 0. The third-order valence-corrected chi connectivity index (χ3v) is 3.52. The van der Waals surface area contributed by atoms with Gasteiger partial charge in [-0.05, 0) is 19.4 Å². The number of hydrogen-bond acceptors (Lipinski definition) is 5. The van der Waals surface area contributed by atoms with Gasteiger partial charge >= 0.3 is 0 Å². The van der Waals surface area contributed by atoms with Crippen molar-refractivity contribution in [1.29, 1.82) is 0 Å². The maximum absolute atomic E-state index is 12.4. The van der Waals surface area contributed by atoms with Gasteiger partial charge in [0.1, 0.15) is 17.5 Å². The van der Waals surface area contributed by atoms with Gasteiger partial charge in [0.2, 0.25) is 0 Å². The summed E-state index contributed by atoms with van der Waals surface area (Å²) in [7, 11) is 0. The van der Waals surface area contributed by atoms with E-state index < -0.39 is 0 Å². The first-order valence-electron chi connectivity index (χ1n) is 6.41. The Morgan fingerprint density at radius 3 is 3.00 bits per heavy atom. The third kappa shape index (κ3) is 2.13. The van der Waals surface area contributed by atoms with Crippen molar-refractivity contribution in [2.75, 3.05) is 32.8 Å². The van der Waals surface area contributed by atoms with Gasteiger partial charge in [-0.3, -0.25) is 4.79 Å². The van der Waals surface area contributed by atoms with Crippen LogP contribution in [0.3, 0.4) is 0 Å². The molecule has 3 heterocycles. The molecular formula is C12H17N3O3. The maximum Gasteiger partial charge on any atom is 0.259 e. The molecule has 18 heavy (non-hydrogen) atoms. The smallest absolute Gasteiger partial charge is 0.259 e. The largest absolute Gasteiger partial charge is 0.378 e. The lowest BCUT2D eigenvalue weighted by Gasteiger charge is -2.26. The van der Waals surface area contributed by atoms with E-state index in [-0.39, 0.29) is 11.9 Å². The molecular weight excluding hydrogens is 234 g/mol. The topological polar surface area (TPSA) is 67.6 Å². The first-order chi connectivity index (χ1) is 8.86. The summed E-state index contributed by atoms with van der Waals surface area (Å²) in [5.41, 5.74) is 1.35. The Labute approximate surface area is 105 Å².